The molecule has 0 aliphatic heterocycles. The summed E-state index contributed by atoms with van der Waals surface area (Å²) in [5.41, 5.74) is 0. The van der Waals surface area contributed by atoms with Gasteiger partial charge >= 0.3 is 0 Å². The van der Waals surface area contributed by atoms with E-state index in [0.29, 0.717) is 36.5 Å². The Morgan fingerprint density at radius 3 is 1.95 bits per heavy atom. The molecule has 3 heteroatoms. The summed E-state index contributed by atoms with van der Waals surface area (Å²) in [5, 5.41) is 0. The average Bonchev–Trinajstić information content (AvgIpc) is 3.06. The molecule has 3 nitrogen and oxygen atoms in total. The van der Waals surface area contributed by atoms with Gasteiger partial charge in [-0.3, -0.25) is 9.69 Å². The van der Waals surface area contributed by atoms with E-state index in [1.807, 2.05) is 4.90 Å². The molecule has 0 spiro atoms. The van der Waals surface area contributed by atoms with Gasteiger partial charge in [0.25, 0.3) is 0 Å². The van der Waals surface area contributed by atoms with Crippen molar-refractivity contribution < 1.29 is 4.79 Å². The number of nitrogens with zero attached hydrogens (tertiary/aromatic N) is 2. The molecule has 0 bridgehead atoms. The lowest BCUT2D eigenvalue weighted by atomic mass is 10.1. The van der Waals surface area contributed by atoms with Gasteiger partial charge in [-0.2, -0.15) is 0 Å². The fraction of sp³-hybridized carbons (Fsp3) is 0.938. The highest BCUT2D eigenvalue weighted by atomic mass is 16.2. The number of carbonyl (C=O) groups excluding carboxylic acids is 1. The van der Waals surface area contributed by atoms with Gasteiger partial charge in [0.05, 0.1) is 6.54 Å². The molecule has 1 fully saturated rings. The van der Waals surface area contributed by atoms with Crippen LogP contribution in [0.4, 0.5) is 0 Å². The predicted molar refractivity (Wildman–Crippen MR) is 81.2 cm³/mol. The lowest BCUT2D eigenvalue weighted by Gasteiger charge is -2.33. The van der Waals surface area contributed by atoms with E-state index in [1.165, 1.54) is 19.3 Å². The van der Waals surface area contributed by atoms with Crippen LogP contribution in [0.15, 0.2) is 0 Å². The Morgan fingerprint density at radius 2 is 1.58 bits per heavy atom. The van der Waals surface area contributed by atoms with Crippen LogP contribution in [0.25, 0.3) is 0 Å². The lowest BCUT2D eigenvalue weighted by molar-refractivity contribution is -0.136. The molecule has 0 heterocycles. The number of hydrogen-bond acceptors (Lipinski definition) is 2. The maximum Gasteiger partial charge on any atom is 0.237 e. The largest absolute Gasteiger partial charge is 0.337 e. The van der Waals surface area contributed by atoms with Crippen LogP contribution in [0, 0.1) is 5.92 Å². The second-order valence-corrected chi connectivity index (χ2v) is 6.87. The van der Waals surface area contributed by atoms with Crippen LogP contribution in [0.5, 0.6) is 0 Å². The van der Waals surface area contributed by atoms with Gasteiger partial charge in [0, 0.05) is 18.1 Å². The molecule has 1 aliphatic rings. The average molecular weight is 268 g/mol. The molecule has 0 unspecified atom stereocenters. The normalized spacial score (nSPS) is 15.9. The zero-order valence-electron chi connectivity index (χ0n) is 13.6. The minimum absolute atomic E-state index is 0.290. The van der Waals surface area contributed by atoms with E-state index in [1.54, 1.807) is 0 Å². The summed E-state index contributed by atoms with van der Waals surface area (Å²) in [6.07, 6.45) is 3.73. The second kappa shape index (κ2) is 7.28. The van der Waals surface area contributed by atoms with Crippen LogP contribution in [0.2, 0.25) is 0 Å². The van der Waals surface area contributed by atoms with Crippen molar-refractivity contribution in [3.05, 3.63) is 0 Å². The first kappa shape index (κ1) is 16.5. The van der Waals surface area contributed by atoms with Gasteiger partial charge in [0.2, 0.25) is 5.91 Å². The number of amides is 1. The van der Waals surface area contributed by atoms with Crippen molar-refractivity contribution in [1.82, 2.24) is 9.80 Å². The third-order valence-corrected chi connectivity index (χ3v) is 3.80. The monoisotopic (exact) mass is 268 g/mol. The summed E-state index contributed by atoms with van der Waals surface area (Å²) < 4.78 is 0. The van der Waals surface area contributed by atoms with Gasteiger partial charge in [-0.15, -0.1) is 0 Å². The highest BCUT2D eigenvalue weighted by Crippen LogP contribution is 2.27. The highest BCUT2D eigenvalue weighted by molar-refractivity contribution is 5.79. The molecular formula is C16H32N2O. The summed E-state index contributed by atoms with van der Waals surface area (Å²) in [5.74, 6) is 1.00. The highest BCUT2D eigenvalue weighted by Gasteiger charge is 2.32. The summed E-state index contributed by atoms with van der Waals surface area (Å²) in [4.78, 5) is 16.9. The van der Waals surface area contributed by atoms with Crippen LogP contribution in [0.1, 0.15) is 60.8 Å². The van der Waals surface area contributed by atoms with E-state index < -0.39 is 0 Å². The van der Waals surface area contributed by atoms with E-state index in [-0.39, 0.29) is 0 Å². The number of carbonyl (C=O) groups is 1. The summed E-state index contributed by atoms with van der Waals surface area (Å²) in [6, 6.07) is 1.25. The Hall–Kier alpha value is -0.570. The van der Waals surface area contributed by atoms with Crippen molar-refractivity contribution in [2.75, 3.05) is 13.1 Å². The van der Waals surface area contributed by atoms with Crippen molar-refractivity contribution in [3.8, 4) is 0 Å². The van der Waals surface area contributed by atoms with Crippen LogP contribution in [-0.2, 0) is 4.79 Å². The number of rotatable bonds is 8. The molecule has 0 aromatic rings. The molecule has 112 valence electrons. The minimum atomic E-state index is 0.290. The fourth-order valence-corrected chi connectivity index (χ4v) is 2.68. The van der Waals surface area contributed by atoms with E-state index >= 15 is 0 Å². The molecule has 0 saturated heterocycles. The van der Waals surface area contributed by atoms with Crippen LogP contribution in [0.3, 0.4) is 0 Å². The first-order valence-electron chi connectivity index (χ1n) is 7.88. The Balaban J connectivity index is 2.54. The quantitative estimate of drug-likeness (QED) is 0.675. The zero-order chi connectivity index (χ0) is 14.6. The predicted octanol–water partition coefficient (Wildman–Crippen LogP) is 3.14. The maximum atomic E-state index is 12.5. The molecule has 0 N–H and O–H groups in total. The third kappa shape index (κ3) is 5.52. The smallest absolute Gasteiger partial charge is 0.237 e. The molecule has 0 radical (unpaired) electrons. The van der Waals surface area contributed by atoms with Crippen molar-refractivity contribution in [1.29, 1.82) is 0 Å². The Bertz CT molecular complexity index is 274. The first-order valence-corrected chi connectivity index (χ1v) is 7.88. The summed E-state index contributed by atoms with van der Waals surface area (Å²) in [7, 11) is 0. The molecule has 0 aromatic heterocycles. The van der Waals surface area contributed by atoms with E-state index in [4.69, 9.17) is 0 Å². The van der Waals surface area contributed by atoms with Crippen molar-refractivity contribution in [2.24, 2.45) is 5.92 Å². The van der Waals surface area contributed by atoms with Gasteiger partial charge < -0.3 is 4.90 Å². The number of hydrogen-bond donors (Lipinski definition) is 0. The molecule has 19 heavy (non-hydrogen) atoms. The molecule has 1 aliphatic carbocycles. The van der Waals surface area contributed by atoms with Crippen molar-refractivity contribution >= 4 is 5.91 Å². The maximum absolute atomic E-state index is 12.5. The third-order valence-electron chi connectivity index (χ3n) is 3.80. The standard InChI is InChI=1S/C16H32N2O/c1-12(2)9-10-17(15-7-8-15)11-16(19)18(13(3)4)14(5)6/h12-15H,7-11H2,1-6H3. The van der Waals surface area contributed by atoms with Crippen LogP contribution >= 0.6 is 0 Å². The lowest BCUT2D eigenvalue weighted by Crippen LogP contribution is -2.47. The molecule has 0 atom stereocenters. The minimum Gasteiger partial charge on any atom is -0.337 e. The molecule has 1 rings (SSSR count). The Morgan fingerprint density at radius 1 is 1.05 bits per heavy atom. The van der Waals surface area contributed by atoms with Gasteiger partial charge in [0.15, 0.2) is 0 Å². The van der Waals surface area contributed by atoms with Gasteiger partial charge in [-0.1, -0.05) is 13.8 Å². The first-order chi connectivity index (χ1) is 8.82. The fourth-order valence-electron chi connectivity index (χ4n) is 2.68. The van der Waals surface area contributed by atoms with E-state index in [0.717, 1.165) is 6.54 Å². The second-order valence-electron chi connectivity index (χ2n) is 6.87. The molecular weight excluding hydrogens is 236 g/mol. The van der Waals surface area contributed by atoms with Crippen LogP contribution in [-0.4, -0.2) is 46.9 Å². The van der Waals surface area contributed by atoms with Crippen molar-refractivity contribution in [3.63, 3.8) is 0 Å². The molecule has 1 amide bonds. The van der Waals surface area contributed by atoms with E-state index in [2.05, 4.69) is 46.4 Å². The molecule has 0 aromatic carbocycles. The van der Waals surface area contributed by atoms with E-state index in [9.17, 15) is 4.79 Å². The Kier molecular flexibility index (Phi) is 6.31. The molecule has 1 saturated carbocycles. The summed E-state index contributed by atoms with van der Waals surface area (Å²) in [6.45, 7) is 14.6. The van der Waals surface area contributed by atoms with Crippen molar-refractivity contribution in [2.45, 2.75) is 78.9 Å². The van der Waals surface area contributed by atoms with Gasteiger partial charge in [0.1, 0.15) is 0 Å². The van der Waals surface area contributed by atoms with Crippen LogP contribution < -0.4 is 0 Å². The summed E-state index contributed by atoms with van der Waals surface area (Å²) >= 11 is 0. The van der Waals surface area contributed by atoms with Gasteiger partial charge in [-0.25, -0.2) is 0 Å². The van der Waals surface area contributed by atoms with Gasteiger partial charge in [-0.05, 0) is 59.4 Å². The Labute approximate surface area is 119 Å². The topological polar surface area (TPSA) is 23.6 Å². The SMILES string of the molecule is CC(C)CCN(CC(=O)N(C(C)C)C(C)C)C1CC1. The zero-order valence-corrected chi connectivity index (χ0v) is 13.6.